The number of esters is 1. The van der Waals surface area contributed by atoms with Crippen LogP contribution in [0.15, 0.2) is 47.8 Å². The fourth-order valence-corrected chi connectivity index (χ4v) is 6.09. The number of carbonyl (C=O) groups excluding carboxylic acids is 3. The highest BCUT2D eigenvalue weighted by Gasteiger charge is 2.43. The third-order valence-corrected chi connectivity index (χ3v) is 8.18. The molecule has 0 saturated carbocycles. The van der Waals surface area contributed by atoms with Crippen LogP contribution in [0.5, 0.6) is 0 Å². The minimum absolute atomic E-state index is 0.243. The summed E-state index contributed by atoms with van der Waals surface area (Å²) < 4.78 is 6.24. The molecule has 6 rings (SSSR count). The topological polar surface area (TPSA) is 88.6 Å². The van der Waals surface area contributed by atoms with Crippen LogP contribution in [0.2, 0.25) is 0 Å². The summed E-state index contributed by atoms with van der Waals surface area (Å²) in [6, 6.07) is 14.4. The van der Waals surface area contributed by atoms with Gasteiger partial charge in [0.25, 0.3) is 0 Å². The Balaban J connectivity index is 0.984. The van der Waals surface area contributed by atoms with Crippen LogP contribution in [0.1, 0.15) is 30.4 Å². The largest absolute Gasteiger partial charge is 0.443 e. The summed E-state index contributed by atoms with van der Waals surface area (Å²) in [5, 5.41) is 6.33. The summed E-state index contributed by atoms with van der Waals surface area (Å²) in [5.74, 6) is -2.84. The Hall–Kier alpha value is -3.47. The fourth-order valence-electron chi connectivity index (χ4n) is 5.29. The zero-order valence-corrected chi connectivity index (χ0v) is 21.8. The van der Waals surface area contributed by atoms with Gasteiger partial charge in [-0.1, -0.05) is 24.6 Å². The lowest BCUT2D eigenvalue weighted by Gasteiger charge is -2.28. The minimum Gasteiger partial charge on any atom is -0.443 e. The molecule has 1 amide bonds. The van der Waals surface area contributed by atoms with Crippen molar-refractivity contribution in [2.75, 3.05) is 42.9 Å². The van der Waals surface area contributed by atoms with Crippen molar-refractivity contribution < 1.29 is 28.8 Å². The van der Waals surface area contributed by atoms with Crippen LogP contribution in [-0.2, 0) is 41.6 Å². The maximum absolute atomic E-state index is 12.6. The minimum atomic E-state index is -1.18. The number of fused-ring (bicyclic) bond motifs is 5. The molecule has 2 aromatic carbocycles. The second-order valence-electron chi connectivity index (χ2n) is 9.77. The van der Waals surface area contributed by atoms with Crippen molar-refractivity contribution in [3.63, 3.8) is 0 Å². The van der Waals surface area contributed by atoms with Crippen molar-refractivity contribution in [1.29, 1.82) is 0 Å². The maximum atomic E-state index is 12.6. The predicted molar refractivity (Wildman–Crippen MR) is 143 cm³/mol. The Morgan fingerprint density at radius 2 is 1.84 bits per heavy atom. The van der Waals surface area contributed by atoms with E-state index in [0.717, 1.165) is 73.7 Å². The first kappa shape index (κ1) is 24.8. The van der Waals surface area contributed by atoms with Crippen LogP contribution in [0.25, 0.3) is 10.1 Å². The fraction of sp³-hybridized carbons (Fsp3) is 0.393. The molecule has 10 heteroatoms. The van der Waals surface area contributed by atoms with Crippen LogP contribution in [0.3, 0.4) is 0 Å². The number of hydroxylamine groups is 2. The summed E-state index contributed by atoms with van der Waals surface area (Å²) in [6.07, 6.45) is 3.25. The molecule has 0 aliphatic carbocycles. The Kier molecular flexibility index (Phi) is 7.01. The van der Waals surface area contributed by atoms with Gasteiger partial charge in [0.15, 0.2) is 6.10 Å². The zero-order chi connectivity index (χ0) is 26.1. The number of thiophene rings is 1. The first-order valence-electron chi connectivity index (χ1n) is 13.0. The molecule has 1 aromatic heterocycles. The third kappa shape index (κ3) is 4.99. The van der Waals surface area contributed by atoms with Gasteiger partial charge in [0.1, 0.15) is 0 Å². The zero-order valence-electron chi connectivity index (χ0n) is 21.0. The van der Waals surface area contributed by atoms with Gasteiger partial charge >= 0.3 is 17.8 Å². The molecule has 0 N–H and O–H groups in total. The molecule has 38 heavy (non-hydrogen) atoms. The number of hydrogen-bond donors (Lipinski definition) is 0. The van der Waals surface area contributed by atoms with Crippen LogP contribution in [-0.4, -0.2) is 61.6 Å². The standard InChI is InChI=1S/C28H29N3O6S/c32-26-24-18-20-9-8-19(17-23(20)31(26)37-28(34)27(33)36-24)5-2-1-3-11-29-12-13-30(35-15-14-29)22-6-4-7-25-21(22)10-16-38-25/h4,6-10,16-17,24H,1-3,5,11-15,18H2. The van der Waals surface area contributed by atoms with E-state index in [2.05, 4.69) is 34.5 Å². The highest BCUT2D eigenvalue weighted by Crippen LogP contribution is 2.33. The van der Waals surface area contributed by atoms with Gasteiger partial charge < -0.3 is 9.57 Å². The van der Waals surface area contributed by atoms with E-state index in [0.29, 0.717) is 12.3 Å². The van der Waals surface area contributed by atoms with Gasteiger partial charge in [0, 0.05) is 29.6 Å². The number of anilines is 2. The van der Waals surface area contributed by atoms with Crippen molar-refractivity contribution in [1.82, 2.24) is 4.90 Å². The van der Waals surface area contributed by atoms with Gasteiger partial charge in [-0.25, -0.2) is 9.59 Å². The molecular formula is C28H29N3O6S. The smallest absolute Gasteiger partial charge is 0.442 e. The highest BCUT2D eigenvalue weighted by molar-refractivity contribution is 7.17. The first-order chi connectivity index (χ1) is 18.6. The number of nitrogens with zero attached hydrogens (tertiary/aromatic N) is 3. The molecule has 4 heterocycles. The lowest BCUT2D eigenvalue weighted by Crippen LogP contribution is -2.43. The van der Waals surface area contributed by atoms with Crippen molar-refractivity contribution >= 4 is 50.6 Å². The van der Waals surface area contributed by atoms with Gasteiger partial charge in [-0.15, -0.1) is 16.4 Å². The van der Waals surface area contributed by atoms with Crippen molar-refractivity contribution in [2.45, 2.75) is 38.2 Å². The van der Waals surface area contributed by atoms with Gasteiger partial charge in [-0.05, 0) is 66.6 Å². The predicted octanol–water partition coefficient (Wildman–Crippen LogP) is 3.64. The molecule has 0 spiro atoms. The van der Waals surface area contributed by atoms with Crippen molar-refractivity contribution in [3.8, 4) is 0 Å². The van der Waals surface area contributed by atoms with Crippen LogP contribution < -0.4 is 10.1 Å². The molecule has 3 aliphatic heterocycles. The molecule has 0 radical (unpaired) electrons. The quantitative estimate of drug-likeness (QED) is 0.258. The summed E-state index contributed by atoms with van der Waals surface area (Å²) in [6.45, 7) is 4.41. The maximum Gasteiger partial charge on any atom is 0.442 e. The number of rotatable bonds is 7. The molecule has 1 atom stereocenters. The number of hydrogen-bond acceptors (Lipinski definition) is 9. The number of carbonyl (C=O) groups is 3. The van der Waals surface area contributed by atoms with E-state index < -0.39 is 23.9 Å². The Morgan fingerprint density at radius 1 is 0.921 bits per heavy atom. The van der Waals surface area contributed by atoms with Crippen LogP contribution in [0, 0.1) is 0 Å². The van der Waals surface area contributed by atoms with E-state index in [4.69, 9.17) is 14.4 Å². The molecule has 2 fully saturated rings. The van der Waals surface area contributed by atoms with Crippen LogP contribution >= 0.6 is 11.3 Å². The Morgan fingerprint density at radius 3 is 2.76 bits per heavy atom. The molecule has 1 unspecified atom stereocenters. The number of aryl methyl sites for hydroxylation is 1. The molecular weight excluding hydrogens is 506 g/mol. The summed E-state index contributed by atoms with van der Waals surface area (Å²) in [5.41, 5.74) is 3.53. The normalized spacial score (nSPS) is 20.1. The van der Waals surface area contributed by atoms with Crippen LogP contribution in [0.4, 0.5) is 11.4 Å². The lowest BCUT2D eigenvalue weighted by atomic mass is 9.96. The van der Waals surface area contributed by atoms with E-state index >= 15 is 0 Å². The number of benzene rings is 2. The van der Waals surface area contributed by atoms with Gasteiger partial charge in [-0.2, -0.15) is 0 Å². The van der Waals surface area contributed by atoms with E-state index in [1.165, 1.54) is 10.1 Å². The molecule has 198 valence electrons. The SMILES string of the molecule is O=C1OC2Cc3ccc(CCCCCN4CCON(c5cccc6sccc56)CC4)cc3N(OC1=O)C2=O. The van der Waals surface area contributed by atoms with Crippen molar-refractivity contribution in [2.24, 2.45) is 0 Å². The monoisotopic (exact) mass is 535 g/mol. The summed E-state index contributed by atoms with van der Waals surface area (Å²) in [7, 11) is 0. The Bertz CT molecular complexity index is 1370. The van der Waals surface area contributed by atoms with Gasteiger partial charge in [0.05, 0.1) is 24.5 Å². The second-order valence-corrected chi connectivity index (χ2v) is 10.7. The van der Waals surface area contributed by atoms with Gasteiger partial charge in [-0.3, -0.25) is 19.6 Å². The average molecular weight is 536 g/mol. The highest BCUT2D eigenvalue weighted by atomic mass is 32.1. The molecule has 2 saturated heterocycles. The van der Waals surface area contributed by atoms with Gasteiger partial charge in [0.2, 0.25) is 0 Å². The van der Waals surface area contributed by atoms with E-state index in [1.54, 1.807) is 11.3 Å². The molecule has 2 bridgehead atoms. The first-order valence-corrected chi connectivity index (χ1v) is 13.9. The van der Waals surface area contributed by atoms with Crippen molar-refractivity contribution in [3.05, 3.63) is 59.0 Å². The number of unbranched alkanes of at least 4 members (excludes halogenated alkanes) is 2. The van der Waals surface area contributed by atoms with E-state index in [9.17, 15) is 14.4 Å². The third-order valence-electron chi connectivity index (χ3n) is 7.29. The Labute approximate surface area is 224 Å². The molecule has 3 aromatic rings. The number of amides is 1. The molecule has 3 aliphatic rings. The average Bonchev–Trinajstić information content (AvgIpc) is 3.26. The summed E-state index contributed by atoms with van der Waals surface area (Å²) in [4.78, 5) is 49.6. The lowest BCUT2D eigenvalue weighted by molar-refractivity contribution is -0.166. The van der Waals surface area contributed by atoms with E-state index in [-0.39, 0.29) is 6.42 Å². The second kappa shape index (κ2) is 10.7. The van der Waals surface area contributed by atoms with E-state index in [1.807, 2.05) is 23.3 Å². The molecule has 9 nitrogen and oxygen atoms in total. The number of ether oxygens (including phenoxy) is 1. The summed E-state index contributed by atoms with van der Waals surface area (Å²) >= 11 is 1.75.